The van der Waals surface area contributed by atoms with Gasteiger partial charge >= 0.3 is 6.03 Å². The van der Waals surface area contributed by atoms with Crippen LogP contribution in [0.4, 0.5) is 10.5 Å². The van der Waals surface area contributed by atoms with E-state index < -0.39 is 0 Å². The summed E-state index contributed by atoms with van der Waals surface area (Å²) in [6, 6.07) is 6.50. The molecule has 0 aliphatic carbocycles. The van der Waals surface area contributed by atoms with Crippen LogP contribution >= 0.6 is 0 Å². The highest BCUT2D eigenvalue weighted by molar-refractivity contribution is 5.96. The molecule has 0 saturated heterocycles. The van der Waals surface area contributed by atoms with Gasteiger partial charge in [-0.05, 0) is 25.5 Å². The van der Waals surface area contributed by atoms with Gasteiger partial charge in [0.1, 0.15) is 0 Å². The average molecular weight is 262 g/mol. The van der Waals surface area contributed by atoms with Crippen molar-refractivity contribution in [3.05, 3.63) is 42.7 Å². The van der Waals surface area contributed by atoms with Crippen molar-refractivity contribution in [1.29, 1.82) is 0 Å². The highest BCUT2D eigenvalue weighted by Crippen LogP contribution is 2.10. The molecule has 1 aromatic rings. The van der Waals surface area contributed by atoms with E-state index in [1.807, 2.05) is 0 Å². The van der Waals surface area contributed by atoms with Gasteiger partial charge in [0.2, 0.25) is 0 Å². The molecule has 0 aliphatic rings. The summed E-state index contributed by atoms with van der Waals surface area (Å²) in [5.74, 6) is -0.0365. The summed E-state index contributed by atoms with van der Waals surface area (Å²) in [6.07, 6.45) is 2.07. The first-order valence-corrected chi connectivity index (χ1v) is 6.02. The second kappa shape index (κ2) is 7.92. The molecule has 19 heavy (non-hydrogen) atoms. The Bertz CT molecular complexity index is 458. The van der Waals surface area contributed by atoms with E-state index in [-0.39, 0.29) is 11.8 Å². The number of nitrogens with one attached hydrogen (secondary N) is 2. The van der Waals surface area contributed by atoms with Crippen LogP contribution in [0.3, 0.4) is 0 Å². The molecule has 0 aromatic heterocycles. The van der Waals surface area contributed by atoms with Crippen molar-refractivity contribution in [1.82, 2.24) is 5.32 Å². The number of carbonyl (C=O) groups excluding carboxylic acids is 2. The number of hydrogen-bond acceptors (Lipinski definition) is 3. The van der Waals surface area contributed by atoms with Crippen LogP contribution in [0.1, 0.15) is 23.7 Å². The predicted octanol–water partition coefficient (Wildman–Crippen LogP) is 2.56. The van der Waals surface area contributed by atoms with Crippen LogP contribution in [0, 0.1) is 0 Å². The van der Waals surface area contributed by atoms with E-state index in [0.717, 1.165) is 0 Å². The van der Waals surface area contributed by atoms with Crippen LogP contribution in [0.15, 0.2) is 37.1 Å². The summed E-state index contributed by atoms with van der Waals surface area (Å²) >= 11 is 0. The first-order valence-electron chi connectivity index (χ1n) is 6.02. The van der Waals surface area contributed by atoms with E-state index in [0.29, 0.717) is 30.8 Å². The van der Waals surface area contributed by atoms with Gasteiger partial charge in [0.25, 0.3) is 0 Å². The van der Waals surface area contributed by atoms with Crippen molar-refractivity contribution >= 4 is 17.5 Å². The quantitative estimate of drug-likeness (QED) is 0.451. The van der Waals surface area contributed by atoms with Crippen LogP contribution in [-0.4, -0.2) is 25.0 Å². The number of ether oxygens (including phenoxy) is 1. The Labute approximate surface area is 112 Å². The van der Waals surface area contributed by atoms with E-state index in [1.54, 1.807) is 24.3 Å². The first-order chi connectivity index (χ1) is 9.13. The Morgan fingerprint density at radius 2 is 2.21 bits per heavy atom. The molecule has 5 heteroatoms. The predicted molar refractivity (Wildman–Crippen MR) is 74.2 cm³/mol. The Morgan fingerprint density at radius 1 is 1.42 bits per heavy atom. The molecule has 0 fully saturated rings. The van der Waals surface area contributed by atoms with Gasteiger partial charge in [0.05, 0.1) is 12.9 Å². The molecule has 1 aromatic carbocycles. The zero-order valence-electron chi connectivity index (χ0n) is 10.9. The van der Waals surface area contributed by atoms with E-state index >= 15 is 0 Å². The van der Waals surface area contributed by atoms with Crippen LogP contribution in [-0.2, 0) is 4.74 Å². The highest BCUT2D eigenvalue weighted by atomic mass is 16.5. The summed E-state index contributed by atoms with van der Waals surface area (Å²) < 4.78 is 4.93. The third kappa shape index (κ3) is 5.72. The Kier molecular flexibility index (Phi) is 6.15. The number of hydrogen-bond donors (Lipinski definition) is 2. The van der Waals surface area contributed by atoms with Crippen LogP contribution in [0.5, 0.6) is 0 Å². The standard InChI is InChI=1S/C14H18N2O3/c1-3-19-9-5-8-15-14(18)16-13-7-4-6-12(10-13)11(2)17/h3-4,6-7,10H,1,5,8-9H2,2H3,(H2,15,16,18). The fourth-order valence-electron chi connectivity index (χ4n) is 1.43. The molecule has 0 saturated carbocycles. The van der Waals surface area contributed by atoms with Crippen molar-refractivity contribution < 1.29 is 14.3 Å². The van der Waals surface area contributed by atoms with Gasteiger partial charge in [-0.15, -0.1) is 0 Å². The maximum atomic E-state index is 11.6. The lowest BCUT2D eigenvalue weighted by Gasteiger charge is -2.08. The van der Waals surface area contributed by atoms with Gasteiger partial charge in [0.15, 0.2) is 5.78 Å². The maximum Gasteiger partial charge on any atom is 0.319 e. The van der Waals surface area contributed by atoms with Crippen molar-refractivity contribution in [2.45, 2.75) is 13.3 Å². The fourth-order valence-corrected chi connectivity index (χ4v) is 1.43. The summed E-state index contributed by atoms with van der Waals surface area (Å²) in [4.78, 5) is 22.8. The number of rotatable bonds is 7. The number of amides is 2. The molecule has 1 rings (SSSR count). The van der Waals surface area contributed by atoms with E-state index in [9.17, 15) is 9.59 Å². The molecule has 5 nitrogen and oxygen atoms in total. The Balaban J connectivity index is 2.37. The molecule has 0 bridgehead atoms. The topological polar surface area (TPSA) is 67.4 Å². The lowest BCUT2D eigenvalue weighted by molar-refractivity contribution is 0.101. The van der Waals surface area contributed by atoms with Gasteiger partial charge in [-0.2, -0.15) is 0 Å². The van der Waals surface area contributed by atoms with Crippen molar-refractivity contribution in [3.63, 3.8) is 0 Å². The highest BCUT2D eigenvalue weighted by Gasteiger charge is 2.03. The SMILES string of the molecule is C=COCCCNC(=O)Nc1cccc(C(C)=O)c1. The van der Waals surface area contributed by atoms with Crippen LogP contribution in [0.2, 0.25) is 0 Å². The minimum absolute atomic E-state index is 0.0365. The number of ketones is 1. The Hall–Kier alpha value is -2.30. The second-order valence-electron chi connectivity index (χ2n) is 3.91. The Morgan fingerprint density at radius 3 is 2.89 bits per heavy atom. The molecule has 0 heterocycles. The lowest BCUT2D eigenvalue weighted by Crippen LogP contribution is -2.30. The molecule has 102 valence electrons. The summed E-state index contributed by atoms with van der Waals surface area (Å²) in [6.45, 7) is 5.93. The number of Topliss-reactive ketones (excluding diaryl/α,β-unsaturated/α-hetero) is 1. The molecule has 0 atom stereocenters. The average Bonchev–Trinajstić information content (AvgIpc) is 2.38. The van der Waals surface area contributed by atoms with Gasteiger partial charge < -0.3 is 15.4 Å². The molecule has 2 amide bonds. The zero-order chi connectivity index (χ0) is 14.1. The van der Waals surface area contributed by atoms with Crippen molar-refractivity contribution in [2.24, 2.45) is 0 Å². The molecular formula is C14H18N2O3. The third-order valence-electron chi connectivity index (χ3n) is 2.37. The van der Waals surface area contributed by atoms with Gasteiger partial charge in [-0.3, -0.25) is 4.79 Å². The van der Waals surface area contributed by atoms with Gasteiger partial charge in [-0.25, -0.2) is 4.79 Å². The van der Waals surface area contributed by atoms with Crippen molar-refractivity contribution in [3.8, 4) is 0 Å². The number of carbonyl (C=O) groups is 2. The lowest BCUT2D eigenvalue weighted by atomic mass is 10.1. The van der Waals surface area contributed by atoms with E-state index in [4.69, 9.17) is 4.74 Å². The molecule has 2 N–H and O–H groups in total. The smallest absolute Gasteiger partial charge is 0.319 e. The molecular weight excluding hydrogens is 244 g/mol. The minimum Gasteiger partial charge on any atom is -0.502 e. The molecule has 0 spiro atoms. The largest absolute Gasteiger partial charge is 0.502 e. The second-order valence-corrected chi connectivity index (χ2v) is 3.91. The normalized spacial score (nSPS) is 9.53. The number of benzene rings is 1. The summed E-state index contributed by atoms with van der Waals surface area (Å²) in [5.41, 5.74) is 1.16. The van der Waals surface area contributed by atoms with Crippen LogP contribution in [0.25, 0.3) is 0 Å². The van der Waals surface area contributed by atoms with Gasteiger partial charge in [0, 0.05) is 17.8 Å². The van der Waals surface area contributed by atoms with E-state index in [2.05, 4.69) is 17.2 Å². The molecule has 0 aliphatic heterocycles. The number of anilines is 1. The maximum absolute atomic E-state index is 11.6. The number of urea groups is 1. The minimum atomic E-state index is -0.306. The fraction of sp³-hybridized carbons (Fsp3) is 0.286. The van der Waals surface area contributed by atoms with Crippen LogP contribution < -0.4 is 10.6 Å². The molecule has 0 unspecified atom stereocenters. The van der Waals surface area contributed by atoms with Crippen molar-refractivity contribution in [2.75, 3.05) is 18.5 Å². The first kappa shape index (κ1) is 14.8. The summed E-state index contributed by atoms with van der Waals surface area (Å²) in [7, 11) is 0. The van der Waals surface area contributed by atoms with Gasteiger partial charge in [-0.1, -0.05) is 18.7 Å². The summed E-state index contributed by atoms with van der Waals surface area (Å²) in [5, 5.41) is 5.35. The van der Waals surface area contributed by atoms with E-state index in [1.165, 1.54) is 13.2 Å². The molecule has 0 radical (unpaired) electrons. The monoisotopic (exact) mass is 262 g/mol. The zero-order valence-corrected chi connectivity index (χ0v) is 10.9. The third-order valence-corrected chi connectivity index (χ3v) is 2.37.